The van der Waals surface area contributed by atoms with Crippen molar-refractivity contribution in [2.24, 2.45) is 5.92 Å². The maximum absolute atomic E-state index is 14.1. The zero-order valence-electron chi connectivity index (χ0n) is 13.6. The molecule has 136 valence electrons. The molecule has 6 nitrogen and oxygen atoms in total. The summed E-state index contributed by atoms with van der Waals surface area (Å²) >= 11 is 5.70. The van der Waals surface area contributed by atoms with Crippen molar-refractivity contribution in [3.05, 3.63) is 23.4 Å². The standard InChI is InChI=1S/C16H18ClF2N3O3/c1-10-4-14(23)22(7-10)12-5-16(18,19)9-21(8-12)15(24)25-13-3-2-11(17)6-20-13/h2-3,6,10,12H,4-5,7-9H2,1H3. The number of rotatable bonds is 2. The zero-order valence-corrected chi connectivity index (χ0v) is 14.4. The van der Waals surface area contributed by atoms with E-state index in [-0.39, 0.29) is 24.2 Å². The van der Waals surface area contributed by atoms with Gasteiger partial charge in [-0.3, -0.25) is 9.69 Å². The Hall–Kier alpha value is -1.96. The van der Waals surface area contributed by atoms with Gasteiger partial charge in [-0.05, 0) is 12.0 Å². The molecular weight excluding hydrogens is 356 g/mol. The fourth-order valence-electron chi connectivity index (χ4n) is 3.27. The SMILES string of the molecule is CC1CC(=O)N(C2CN(C(=O)Oc3ccc(Cl)cn3)CC(F)(F)C2)C1. The Morgan fingerprint density at radius 1 is 1.40 bits per heavy atom. The molecule has 2 amide bonds. The zero-order chi connectivity index (χ0) is 18.2. The van der Waals surface area contributed by atoms with Crippen LogP contribution in [0.2, 0.25) is 5.02 Å². The van der Waals surface area contributed by atoms with Crippen LogP contribution < -0.4 is 4.74 Å². The van der Waals surface area contributed by atoms with Gasteiger partial charge in [-0.15, -0.1) is 0 Å². The highest BCUT2D eigenvalue weighted by Gasteiger charge is 2.46. The maximum Gasteiger partial charge on any atom is 0.416 e. The molecular formula is C16H18ClF2N3O3. The Labute approximate surface area is 148 Å². The van der Waals surface area contributed by atoms with Crippen LogP contribution in [0.4, 0.5) is 13.6 Å². The van der Waals surface area contributed by atoms with E-state index in [2.05, 4.69) is 4.98 Å². The van der Waals surface area contributed by atoms with E-state index in [1.165, 1.54) is 23.2 Å². The van der Waals surface area contributed by atoms with Gasteiger partial charge in [0.1, 0.15) is 0 Å². The predicted octanol–water partition coefficient (Wildman–Crippen LogP) is 2.81. The van der Waals surface area contributed by atoms with Gasteiger partial charge in [0.15, 0.2) is 0 Å². The second-order valence-electron chi connectivity index (χ2n) is 6.63. The first kappa shape index (κ1) is 17.8. The van der Waals surface area contributed by atoms with E-state index in [9.17, 15) is 18.4 Å². The minimum Gasteiger partial charge on any atom is -0.391 e. The molecule has 2 saturated heterocycles. The van der Waals surface area contributed by atoms with E-state index in [0.29, 0.717) is 18.0 Å². The van der Waals surface area contributed by atoms with E-state index in [4.69, 9.17) is 16.3 Å². The summed E-state index contributed by atoms with van der Waals surface area (Å²) in [4.78, 5) is 30.5. The van der Waals surface area contributed by atoms with Crippen molar-refractivity contribution in [2.45, 2.75) is 31.7 Å². The number of hydrogen-bond acceptors (Lipinski definition) is 4. The summed E-state index contributed by atoms with van der Waals surface area (Å²) in [5, 5.41) is 0.367. The molecule has 9 heteroatoms. The number of amides is 2. The van der Waals surface area contributed by atoms with Crippen LogP contribution >= 0.6 is 11.6 Å². The molecule has 25 heavy (non-hydrogen) atoms. The quantitative estimate of drug-likeness (QED) is 0.799. The Morgan fingerprint density at radius 3 is 2.76 bits per heavy atom. The van der Waals surface area contributed by atoms with Gasteiger partial charge in [-0.1, -0.05) is 18.5 Å². The first-order chi connectivity index (χ1) is 11.7. The van der Waals surface area contributed by atoms with Gasteiger partial charge in [0.05, 0.1) is 17.6 Å². The fourth-order valence-corrected chi connectivity index (χ4v) is 3.38. The monoisotopic (exact) mass is 373 g/mol. The average Bonchev–Trinajstić information content (AvgIpc) is 2.86. The number of carbonyl (C=O) groups excluding carboxylic acids is 2. The van der Waals surface area contributed by atoms with E-state index < -0.39 is 31.0 Å². The lowest BCUT2D eigenvalue weighted by atomic mass is 10.0. The summed E-state index contributed by atoms with van der Waals surface area (Å²) in [6.45, 7) is 1.60. The molecule has 2 unspecified atom stereocenters. The molecule has 0 radical (unpaired) electrons. The molecule has 0 aliphatic carbocycles. The number of nitrogens with zero attached hydrogens (tertiary/aromatic N) is 3. The molecule has 2 atom stereocenters. The molecule has 0 saturated carbocycles. The number of alkyl halides is 2. The predicted molar refractivity (Wildman–Crippen MR) is 85.7 cm³/mol. The molecule has 2 aliphatic heterocycles. The van der Waals surface area contributed by atoms with Gasteiger partial charge in [-0.2, -0.15) is 0 Å². The van der Waals surface area contributed by atoms with Crippen LogP contribution in [0.5, 0.6) is 5.88 Å². The number of hydrogen-bond donors (Lipinski definition) is 0. The van der Waals surface area contributed by atoms with Crippen molar-refractivity contribution in [3.8, 4) is 5.88 Å². The summed E-state index contributed by atoms with van der Waals surface area (Å²) in [7, 11) is 0. The molecule has 2 fully saturated rings. The highest BCUT2D eigenvalue weighted by molar-refractivity contribution is 6.30. The van der Waals surface area contributed by atoms with Crippen molar-refractivity contribution < 1.29 is 23.1 Å². The Kier molecular flexibility index (Phi) is 4.81. The molecule has 2 aliphatic rings. The lowest BCUT2D eigenvalue weighted by Gasteiger charge is -2.40. The van der Waals surface area contributed by atoms with Crippen LogP contribution in [-0.4, -0.2) is 58.4 Å². The Balaban J connectivity index is 1.71. The second kappa shape index (κ2) is 6.74. The lowest BCUT2D eigenvalue weighted by Crippen LogP contribution is -2.57. The normalized spacial score (nSPS) is 26.0. The molecule has 0 N–H and O–H groups in total. The molecule has 1 aromatic rings. The molecule has 3 heterocycles. The van der Waals surface area contributed by atoms with Crippen molar-refractivity contribution in [3.63, 3.8) is 0 Å². The summed E-state index contributed by atoms with van der Waals surface area (Å²) in [6, 6.07) is 2.15. The van der Waals surface area contributed by atoms with Crippen molar-refractivity contribution in [1.29, 1.82) is 0 Å². The highest BCUT2D eigenvalue weighted by atomic mass is 35.5. The summed E-state index contributed by atoms with van der Waals surface area (Å²) in [5.41, 5.74) is 0. The minimum absolute atomic E-state index is 0.0144. The van der Waals surface area contributed by atoms with Gasteiger partial charge >= 0.3 is 6.09 Å². The third-order valence-corrected chi connectivity index (χ3v) is 4.55. The van der Waals surface area contributed by atoms with Crippen molar-refractivity contribution in [2.75, 3.05) is 19.6 Å². The third kappa shape index (κ3) is 4.18. The van der Waals surface area contributed by atoms with Crippen LogP contribution in [0.1, 0.15) is 19.8 Å². The number of piperidine rings is 1. The van der Waals surface area contributed by atoms with Gasteiger partial charge in [0.25, 0.3) is 5.92 Å². The molecule has 3 rings (SSSR count). The number of halogens is 3. The maximum atomic E-state index is 14.1. The number of likely N-dealkylation sites (tertiary alicyclic amines) is 2. The summed E-state index contributed by atoms with van der Waals surface area (Å²) in [5.74, 6) is -3.13. The van der Waals surface area contributed by atoms with E-state index in [1.807, 2.05) is 6.92 Å². The van der Waals surface area contributed by atoms with Gasteiger partial charge in [0, 0.05) is 38.2 Å². The van der Waals surface area contributed by atoms with Crippen molar-refractivity contribution in [1.82, 2.24) is 14.8 Å². The van der Waals surface area contributed by atoms with Crippen LogP contribution in [0, 0.1) is 5.92 Å². The largest absolute Gasteiger partial charge is 0.416 e. The van der Waals surface area contributed by atoms with Crippen LogP contribution in [-0.2, 0) is 4.79 Å². The van der Waals surface area contributed by atoms with Gasteiger partial charge in [0.2, 0.25) is 11.8 Å². The topological polar surface area (TPSA) is 62.7 Å². The fraction of sp³-hybridized carbons (Fsp3) is 0.562. The highest BCUT2D eigenvalue weighted by Crippen LogP contribution is 2.32. The average molecular weight is 374 g/mol. The number of carbonyl (C=O) groups is 2. The molecule has 0 bridgehead atoms. The smallest absolute Gasteiger partial charge is 0.391 e. The molecule has 0 aromatic carbocycles. The van der Waals surface area contributed by atoms with Crippen molar-refractivity contribution >= 4 is 23.6 Å². The van der Waals surface area contributed by atoms with Crippen LogP contribution in [0.25, 0.3) is 0 Å². The first-order valence-electron chi connectivity index (χ1n) is 7.99. The molecule has 1 aromatic heterocycles. The van der Waals surface area contributed by atoms with E-state index in [0.717, 1.165) is 4.90 Å². The number of pyridine rings is 1. The third-order valence-electron chi connectivity index (χ3n) is 4.33. The Bertz CT molecular complexity index is 671. The van der Waals surface area contributed by atoms with Gasteiger partial charge in [-0.25, -0.2) is 18.6 Å². The number of ether oxygens (including phenoxy) is 1. The molecule has 0 spiro atoms. The second-order valence-corrected chi connectivity index (χ2v) is 7.07. The van der Waals surface area contributed by atoms with Crippen LogP contribution in [0.3, 0.4) is 0 Å². The first-order valence-corrected chi connectivity index (χ1v) is 8.37. The number of aromatic nitrogens is 1. The van der Waals surface area contributed by atoms with E-state index in [1.54, 1.807) is 0 Å². The van der Waals surface area contributed by atoms with Gasteiger partial charge < -0.3 is 9.64 Å². The summed E-state index contributed by atoms with van der Waals surface area (Å²) in [6.07, 6.45) is 0.274. The van der Waals surface area contributed by atoms with E-state index >= 15 is 0 Å². The Morgan fingerprint density at radius 2 is 2.16 bits per heavy atom. The lowest BCUT2D eigenvalue weighted by molar-refractivity contribution is -0.135. The minimum atomic E-state index is -3.08. The summed E-state index contributed by atoms with van der Waals surface area (Å²) < 4.78 is 33.3. The van der Waals surface area contributed by atoms with Crippen LogP contribution in [0.15, 0.2) is 18.3 Å².